The van der Waals surface area contributed by atoms with Crippen LogP contribution in [-0.2, 0) is 4.79 Å². The average Bonchev–Trinajstić information content (AvgIpc) is 3.01. The van der Waals surface area contributed by atoms with Crippen LogP contribution in [0.3, 0.4) is 0 Å². The van der Waals surface area contributed by atoms with Gasteiger partial charge in [-0.25, -0.2) is 0 Å². The van der Waals surface area contributed by atoms with E-state index in [1.54, 1.807) is 0 Å². The first-order valence-electron chi connectivity index (χ1n) is 5.11. The maximum absolute atomic E-state index is 11.2. The van der Waals surface area contributed by atoms with Gasteiger partial charge in [-0.1, -0.05) is 11.6 Å². The summed E-state index contributed by atoms with van der Waals surface area (Å²) in [7, 11) is 0. The second-order valence-electron chi connectivity index (χ2n) is 4.10. The Morgan fingerprint density at radius 2 is 2.07 bits per heavy atom. The van der Waals surface area contributed by atoms with Crippen molar-refractivity contribution in [3.8, 4) is 0 Å². The molecule has 1 aromatic carbocycles. The van der Waals surface area contributed by atoms with E-state index in [-0.39, 0.29) is 5.91 Å². The maximum atomic E-state index is 11.2. The van der Waals surface area contributed by atoms with E-state index in [2.05, 4.69) is 10.6 Å². The molecule has 2 N–H and O–H groups in total. The zero-order chi connectivity index (χ0) is 10.4. The van der Waals surface area contributed by atoms with Crippen LogP contribution in [0.4, 0.5) is 11.4 Å². The molecule has 1 aliphatic heterocycles. The first kappa shape index (κ1) is 9.04. The second-order valence-corrected chi connectivity index (χ2v) is 4.50. The monoisotopic (exact) mass is 222 g/mol. The fourth-order valence-electron chi connectivity index (χ4n) is 1.92. The molecule has 0 atom stereocenters. The van der Waals surface area contributed by atoms with E-state index >= 15 is 0 Å². The van der Waals surface area contributed by atoms with Crippen LogP contribution in [0.25, 0.3) is 0 Å². The van der Waals surface area contributed by atoms with Gasteiger partial charge in [-0.3, -0.25) is 4.79 Å². The predicted octanol–water partition coefficient (Wildman–Crippen LogP) is 2.58. The van der Waals surface area contributed by atoms with Crippen molar-refractivity contribution in [3.05, 3.63) is 22.7 Å². The van der Waals surface area contributed by atoms with Crippen LogP contribution in [0, 0.1) is 0 Å². The van der Waals surface area contributed by atoms with Crippen molar-refractivity contribution in [1.82, 2.24) is 0 Å². The molecule has 15 heavy (non-hydrogen) atoms. The number of hydrogen-bond acceptors (Lipinski definition) is 2. The van der Waals surface area contributed by atoms with E-state index in [1.165, 1.54) is 18.4 Å². The summed E-state index contributed by atoms with van der Waals surface area (Å²) in [5.74, 6) is 0.605. The van der Waals surface area contributed by atoms with E-state index in [0.29, 0.717) is 12.5 Å². The lowest BCUT2D eigenvalue weighted by molar-refractivity contribution is -0.114. The largest absolute Gasteiger partial charge is 0.374 e. The number of fused-ring (bicyclic) bond motifs is 1. The molecule has 0 saturated heterocycles. The van der Waals surface area contributed by atoms with Crippen LogP contribution >= 0.6 is 11.6 Å². The quantitative estimate of drug-likeness (QED) is 0.767. The van der Waals surface area contributed by atoms with Crippen molar-refractivity contribution >= 4 is 28.9 Å². The van der Waals surface area contributed by atoms with Gasteiger partial charge in [0.05, 0.1) is 17.9 Å². The van der Waals surface area contributed by atoms with Gasteiger partial charge in [0.15, 0.2) is 0 Å². The molecule has 78 valence electrons. The van der Waals surface area contributed by atoms with Crippen LogP contribution in [0.2, 0.25) is 5.02 Å². The molecule has 1 fully saturated rings. The highest BCUT2D eigenvalue weighted by atomic mass is 35.5. The summed E-state index contributed by atoms with van der Waals surface area (Å²) in [5.41, 5.74) is 2.95. The molecular weight excluding hydrogens is 212 g/mol. The molecule has 4 heteroatoms. The van der Waals surface area contributed by atoms with Gasteiger partial charge in [-0.15, -0.1) is 0 Å². The third-order valence-corrected chi connectivity index (χ3v) is 3.19. The molecule has 3 rings (SSSR count). The van der Waals surface area contributed by atoms with Gasteiger partial charge >= 0.3 is 0 Å². The lowest BCUT2D eigenvalue weighted by atomic mass is 10.1. The topological polar surface area (TPSA) is 41.1 Å². The molecule has 1 saturated carbocycles. The number of halogens is 1. The fraction of sp³-hybridized carbons (Fsp3) is 0.364. The summed E-state index contributed by atoms with van der Waals surface area (Å²) in [4.78, 5) is 11.2. The Labute approximate surface area is 92.8 Å². The lowest BCUT2D eigenvalue weighted by Crippen LogP contribution is -2.27. The van der Waals surface area contributed by atoms with Gasteiger partial charge in [-0.05, 0) is 36.5 Å². The first-order valence-corrected chi connectivity index (χ1v) is 5.49. The molecule has 1 heterocycles. The normalized spacial score (nSPS) is 19.1. The van der Waals surface area contributed by atoms with Crippen LogP contribution in [-0.4, -0.2) is 12.5 Å². The molecular formula is C11H11ClN2O. The minimum atomic E-state index is 0.00608. The highest BCUT2D eigenvalue weighted by Gasteiger charge is 2.27. The predicted molar refractivity (Wildman–Crippen MR) is 60.5 cm³/mol. The molecule has 1 aromatic rings. The first-order chi connectivity index (χ1) is 7.24. The summed E-state index contributed by atoms with van der Waals surface area (Å²) in [6.45, 7) is 0.326. The summed E-state index contributed by atoms with van der Waals surface area (Å²) in [6.07, 6.45) is 2.42. The van der Waals surface area contributed by atoms with Crippen molar-refractivity contribution in [2.75, 3.05) is 17.2 Å². The second kappa shape index (κ2) is 3.14. The molecule has 0 aromatic heterocycles. The molecule has 1 aliphatic carbocycles. The summed E-state index contributed by atoms with van der Waals surface area (Å²) in [6, 6.07) is 3.91. The van der Waals surface area contributed by atoms with Crippen LogP contribution in [0.15, 0.2) is 12.1 Å². The van der Waals surface area contributed by atoms with Crippen LogP contribution < -0.4 is 10.6 Å². The van der Waals surface area contributed by atoms with Gasteiger partial charge in [0.25, 0.3) is 0 Å². The Bertz CT molecular complexity index is 440. The smallest absolute Gasteiger partial charge is 0.243 e. The van der Waals surface area contributed by atoms with Gasteiger partial charge in [0.2, 0.25) is 5.91 Å². The zero-order valence-electron chi connectivity index (χ0n) is 8.14. The number of amides is 1. The van der Waals surface area contributed by atoms with Crippen molar-refractivity contribution in [3.63, 3.8) is 0 Å². The van der Waals surface area contributed by atoms with E-state index in [9.17, 15) is 4.79 Å². The fourth-order valence-corrected chi connectivity index (χ4v) is 2.23. The van der Waals surface area contributed by atoms with Gasteiger partial charge in [0.1, 0.15) is 0 Å². The number of nitrogens with one attached hydrogen (secondary N) is 2. The number of benzene rings is 1. The zero-order valence-corrected chi connectivity index (χ0v) is 8.90. The van der Waals surface area contributed by atoms with Gasteiger partial charge in [0, 0.05) is 5.02 Å². The van der Waals surface area contributed by atoms with E-state index in [1.807, 2.05) is 12.1 Å². The van der Waals surface area contributed by atoms with E-state index in [4.69, 9.17) is 11.6 Å². The number of carbonyl (C=O) groups excluding carboxylic acids is 1. The minimum Gasteiger partial charge on any atom is -0.374 e. The Hall–Kier alpha value is -1.22. The van der Waals surface area contributed by atoms with E-state index in [0.717, 1.165) is 16.4 Å². The van der Waals surface area contributed by atoms with Gasteiger partial charge in [-0.2, -0.15) is 0 Å². The number of hydrogen-bond donors (Lipinski definition) is 2. The van der Waals surface area contributed by atoms with Crippen molar-refractivity contribution < 1.29 is 4.79 Å². The van der Waals surface area contributed by atoms with Gasteiger partial charge < -0.3 is 10.6 Å². The summed E-state index contributed by atoms with van der Waals surface area (Å²) < 4.78 is 0. The number of carbonyl (C=O) groups is 1. The molecule has 3 nitrogen and oxygen atoms in total. The molecule has 0 radical (unpaired) electrons. The van der Waals surface area contributed by atoms with Crippen LogP contribution in [0.5, 0.6) is 0 Å². The Balaban J connectivity index is 2.05. The van der Waals surface area contributed by atoms with Crippen molar-refractivity contribution in [2.45, 2.75) is 18.8 Å². The SMILES string of the molecule is O=C1CNc2cc(Cl)c(C3CC3)cc2N1. The third kappa shape index (κ3) is 1.57. The summed E-state index contributed by atoms with van der Waals surface area (Å²) >= 11 is 6.18. The van der Waals surface area contributed by atoms with E-state index < -0.39 is 0 Å². The average molecular weight is 223 g/mol. The Morgan fingerprint density at radius 1 is 1.27 bits per heavy atom. The number of anilines is 2. The third-order valence-electron chi connectivity index (χ3n) is 2.87. The van der Waals surface area contributed by atoms with Crippen molar-refractivity contribution in [2.24, 2.45) is 0 Å². The minimum absolute atomic E-state index is 0.00608. The molecule has 0 spiro atoms. The standard InChI is InChI=1S/C11H11ClN2O/c12-8-4-9-10(14-11(15)5-13-9)3-7(8)6-1-2-6/h3-4,6,13H,1-2,5H2,(H,14,15). The summed E-state index contributed by atoms with van der Waals surface area (Å²) in [5, 5.41) is 6.70. The number of rotatable bonds is 1. The highest BCUT2D eigenvalue weighted by Crippen LogP contribution is 2.45. The molecule has 0 bridgehead atoms. The van der Waals surface area contributed by atoms with Crippen LogP contribution in [0.1, 0.15) is 24.3 Å². The lowest BCUT2D eigenvalue weighted by Gasteiger charge is -2.20. The maximum Gasteiger partial charge on any atom is 0.243 e. The highest BCUT2D eigenvalue weighted by molar-refractivity contribution is 6.32. The van der Waals surface area contributed by atoms with Crippen molar-refractivity contribution in [1.29, 1.82) is 0 Å². The Morgan fingerprint density at radius 3 is 2.80 bits per heavy atom. The molecule has 2 aliphatic rings. The molecule has 0 unspecified atom stereocenters. The molecule has 1 amide bonds. The Kier molecular flexibility index (Phi) is 1.89.